The van der Waals surface area contributed by atoms with E-state index in [-0.39, 0.29) is 10.8 Å². The molecular formula is C23H26BrClN4O3S2. The quantitative estimate of drug-likeness (QED) is 0.378. The molecule has 1 amide bonds. The molecule has 1 fully saturated rings. The molecule has 1 atom stereocenters. The van der Waals surface area contributed by atoms with E-state index in [4.69, 9.17) is 16.6 Å². The monoisotopic (exact) mass is 584 g/mol. The lowest BCUT2D eigenvalue weighted by Crippen LogP contribution is -2.48. The van der Waals surface area contributed by atoms with Gasteiger partial charge in [-0.2, -0.15) is 4.31 Å². The van der Waals surface area contributed by atoms with Gasteiger partial charge in [0.25, 0.3) is 0 Å². The third-order valence-electron chi connectivity index (χ3n) is 5.73. The predicted octanol–water partition coefficient (Wildman–Crippen LogP) is 4.85. The smallest absolute Gasteiger partial charge is 0.247 e. The Balaban J connectivity index is 1.65. The lowest BCUT2D eigenvalue weighted by Gasteiger charge is -2.29. The Bertz CT molecular complexity index is 1280. The van der Waals surface area contributed by atoms with Crippen LogP contribution in [0.5, 0.6) is 0 Å². The Morgan fingerprint density at radius 2 is 1.94 bits per heavy atom. The SMILES string of the molecule is CN(C)CCCN(C(=O)C1CCCN1S(=O)(=O)c1ccc(Cl)cc1)c1nc2ccc(Br)cc2s1. The average molecular weight is 586 g/mol. The largest absolute Gasteiger partial charge is 0.309 e. The zero-order valence-corrected chi connectivity index (χ0v) is 22.9. The third-order valence-corrected chi connectivity index (χ3v) is 9.44. The van der Waals surface area contributed by atoms with Crippen LogP contribution in [0.2, 0.25) is 5.02 Å². The van der Waals surface area contributed by atoms with Gasteiger partial charge in [-0.1, -0.05) is 38.9 Å². The number of sulfonamides is 1. The minimum Gasteiger partial charge on any atom is -0.309 e. The van der Waals surface area contributed by atoms with Crippen molar-refractivity contribution in [1.29, 1.82) is 0 Å². The molecule has 1 saturated heterocycles. The number of anilines is 1. The van der Waals surface area contributed by atoms with Crippen LogP contribution in [0.3, 0.4) is 0 Å². The summed E-state index contributed by atoms with van der Waals surface area (Å²) >= 11 is 10.9. The van der Waals surface area contributed by atoms with Crippen molar-refractivity contribution < 1.29 is 13.2 Å². The number of nitrogens with zero attached hydrogens (tertiary/aromatic N) is 4. The summed E-state index contributed by atoms with van der Waals surface area (Å²) in [7, 11) is 0.136. The summed E-state index contributed by atoms with van der Waals surface area (Å²) < 4.78 is 30.0. The maximum atomic E-state index is 13.9. The first-order valence-electron chi connectivity index (χ1n) is 11.0. The molecular weight excluding hydrogens is 560 g/mol. The van der Waals surface area contributed by atoms with Gasteiger partial charge in [0.15, 0.2) is 5.13 Å². The first-order chi connectivity index (χ1) is 16.2. The highest BCUT2D eigenvalue weighted by Gasteiger charge is 2.42. The molecule has 2 aromatic carbocycles. The topological polar surface area (TPSA) is 73.8 Å². The number of rotatable bonds is 8. The van der Waals surface area contributed by atoms with E-state index in [0.717, 1.165) is 27.7 Å². The van der Waals surface area contributed by atoms with E-state index >= 15 is 0 Å². The minimum absolute atomic E-state index is 0.139. The molecule has 2 heterocycles. The normalized spacial score (nSPS) is 17.0. The standard InChI is InChI=1S/C23H26BrClN4O3S2/c1-27(2)12-4-13-28(23-26-19-11-6-16(24)15-21(19)33-23)22(30)20-5-3-14-29(20)34(31,32)18-9-7-17(25)8-10-18/h6-11,15,20H,3-5,12-14H2,1-2H3. The van der Waals surface area contributed by atoms with Crippen LogP contribution in [-0.4, -0.2) is 68.3 Å². The van der Waals surface area contributed by atoms with E-state index in [2.05, 4.69) is 20.8 Å². The van der Waals surface area contributed by atoms with E-state index in [1.165, 1.54) is 27.8 Å². The highest BCUT2D eigenvalue weighted by molar-refractivity contribution is 9.10. The summed E-state index contributed by atoms with van der Waals surface area (Å²) in [6.45, 7) is 1.57. The number of fused-ring (bicyclic) bond motifs is 1. The fraction of sp³-hybridized carbons (Fsp3) is 0.391. The van der Waals surface area contributed by atoms with Gasteiger partial charge in [0.2, 0.25) is 15.9 Å². The van der Waals surface area contributed by atoms with Crippen molar-refractivity contribution in [1.82, 2.24) is 14.2 Å². The maximum absolute atomic E-state index is 13.9. The molecule has 1 aliphatic rings. The van der Waals surface area contributed by atoms with Crippen molar-refractivity contribution in [3.8, 4) is 0 Å². The Kier molecular flexibility index (Phi) is 7.95. The van der Waals surface area contributed by atoms with Crippen LogP contribution in [0.15, 0.2) is 51.8 Å². The third kappa shape index (κ3) is 5.47. The molecule has 34 heavy (non-hydrogen) atoms. The number of hydrogen-bond donors (Lipinski definition) is 0. The van der Waals surface area contributed by atoms with Crippen molar-refractivity contribution >= 4 is 70.1 Å². The molecule has 1 aliphatic heterocycles. The van der Waals surface area contributed by atoms with E-state index < -0.39 is 16.1 Å². The van der Waals surface area contributed by atoms with E-state index in [0.29, 0.717) is 36.1 Å². The van der Waals surface area contributed by atoms with Gasteiger partial charge in [0.1, 0.15) is 6.04 Å². The molecule has 182 valence electrons. The van der Waals surface area contributed by atoms with Gasteiger partial charge in [-0.15, -0.1) is 0 Å². The van der Waals surface area contributed by atoms with E-state index in [9.17, 15) is 13.2 Å². The number of hydrogen-bond acceptors (Lipinski definition) is 6. The van der Waals surface area contributed by atoms with Gasteiger partial charge in [0, 0.05) is 22.6 Å². The van der Waals surface area contributed by atoms with Crippen molar-refractivity contribution in [2.24, 2.45) is 0 Å². The summed E-state index contributed by atoms with van der Waals surface area (Å²) in [6.07, 6.45) is 1.85. The van der Waals surface area contributed by atoms with Gasteiger partial charge < -0.3 is 4.90 Å². The molecule has 11 heteroatoms. The molecule has 0 radical (unpaired) electrons. The maximum Gasteiger partial charge on any atom is 0.247 e. The number of halogens is 2. The number of benzene rings is 2. The molecule has 7 nitrogen and oxygen atoms in total. The summed E-state index contributed by atoms with van der Waals surface area (Å²) in [5.74, 6) is -0.230. The lowest BCUT2D eigenvalue weighted by molar-refractivity contribution is -0.121. The Hall–Kier alpha value is -1.56. The van der Waals surface area contributed by atoms with Crippen LogP contribution >= 0.6 is 38.9 Å². The number of thiazole rings is 1. The molecule has 3 aromatic rings. The number of carbonyl (C=O) groups is 1. The van der Waals surface area contributed by atoms with Gasteiger partial charge in [-0.25, -0.2) is 13.4 Å². The average Bonchev–Trinajstić information content (AvgIpc) is 3.44. The predicted molar refractivity (Wildman–Crippen MR) is 141 cm³/mol. The van der Waals surface area contributed by atoms with E-state index in [1.807, 2.05) is 32.3 Å². The molecule has 1 aromatic heterocycles. The van der Waals surface area contributed by atoms with Crippen LogP contribution in [0.4, 0.5) is 5.13 Å². The van der Waals surface area contributed by atoms with Crippen LogP contribution in [0.25, 0.3) is 10.2 Å². The zero-order valence-electron chi connectivity index (χ0n) is 18.9. The molecule has 0 aliphatic carbocycles. The lowest BCUT2D eigenvalue weighted by atomic mass is 10.2. The van der Waals surface area contributed by atoms with Crippen LogP contribution in [0, 0.1) is 0 Å². The second kappa shape index (κ2) is 10.6. The minimum atomic E-state index is -3.83. The van der Waals surface area contributed by atoms with Gasteiger partial charge >= 0.3 is 0 Å². The van der Waals surface area contributed by atoms with Crippen LogP contribution < -0.4 is 4.90 Å². The fourth-order valence-corrected chi connectivity index (χ4v) is 7.37. The van der Waals surface area contributed by atoms with Crippen molar-refractivity contribution in [2.45, 2.75) is 30.2 Å². The summed E-state index contributed by atoms with van der Waals surface area (Å²) in [6, 6.07) is 11.1. The second-order valence-corrected chi connectivity index (χ2v) is 12.7. The van der Waals surface area contributed by atoms with Gasteiger partial charge in [0.05, 0.1) is 15.1 Å². The fourth-order valence-electron chi connectivity index (χ4n) is 4.04. The Morgan fingerprint density at radius 3 is 2.65 bits per heavy atom. The Morgan fingerprint density at radius 1 is 1.21 bits per heavy atom. The molecule has 0 saturated carbocycles. The van der Waals surface area contributed by atoms with Gasteiger partial charge in [-0.05, 0) is 82.4 Å². The van der Waals surface area contributed by atoms with Gasteiger partial charge in [-0.3, -0.25) is 9.69 Å². The van der Waals surface area contributed by atoms with Crippen molar-refractivity contribution in [3.05, 3.63) is 52.0 Å². The van der Waals surface area contributed by atoms with Crippen LogP contribution in [0.1, 0.15) is 19.3 Å². The highest BCUT2D eigenvalue weighted by Crippen LogP contribution is 2.34. The summed E-state index contributed by atoms with van der Waals surface area (Å²) in [5.41, 5.74) is 0.811. The van der Waals surface area contributed by atoms with Crippen molar-refractivity contribution in [3.63, 3.8) is 0 Å². The van der Waals surface area contributed by atoms with Crippen molar-refractivity contribution in [2.75, 3.05) is 38.6 Å². The second-order valence-electron chi connectivity index (χ2n) is 8.48. The molecule has 0 bridgehead atoms. The number of amides is 1. The first-order valence-corrected chi connectivity index (χ1v) is 14.4. The first kappa shape index (κ1) is 25.5. The molecule has 0 N–H and O–H groups in total. The van der Waals surface area contributed by atoms with E-state index in [1.54, 1.807) is 17.0 Å². The highest BCUT2D eigenvalue weighted by atomic mass is 79.9. The van der Waals surface area contributed by atoms with Crippen LogP contribution in [-0.2, 0) is 14.8 Å². The zero-order chi connectivity index (χ0) is 24.5. The molecule has 0 spiro atoms. The number of aromatic nitrogens is 1. The summed E-state index contributed by atoms with van der Waals surface area (Å²) in [4.78, 5) is 22.4. The Labute approximate surface area is 217 Å². The number of carbonyl (C=O) groups excluding carboxylic acids is 1. The summed E-state index contributed by atoms with van der Waals surface area (Å²) in [5, 5.41) is 1.05. The molecule has 1 unspecified atom stereocenters. The molecule has 4 rings (SSSR count).